The van der Waals surface area contributed by atoms with Crippen molar-refractivity contribution in [2.24, 2.45) is 0 Å². The lowest BCUT2D eigenvalue weighted by Crippen LogP contribution is -1.90. The maximum Gasteiger partial charge on any atom is 0.0972 e. The Labute approximate surface area is 310 Å². The Morgan fingerprint density at radius 2 is 0.778 bits per heavy atom. The molecule has 0 saturated heterocycles. The number of rotatable bonds is 4. The Hall–Kier alpha value is -7.37. The quantitative estimate of drug-likeness (QED) is 0.172. The fourth-order valence-corrected chi connectivity index (χ4v) is 7.58. The van der Waals surface area contributed by atoms with E-state index in [4.69, 9.17) is 15.0 Å². The number of para-hydroxylation sites is 1. The van der Waals surface area contributed by atoms with Gasteiger partial charge < -0.3 is 0 Å². The molecular weight excluding hydrogens is 659 g/mol. The van der Waals surface area contributed by atoms with Crippen molar-refractivity contribution in [3.05, 3.63) is 176 Å². The summed E-state index contributed by atoms with van der Waals surface area (Å²) < 4.78 is 0. The van der Waals surface area contributed by atoms with Gasteiger partial charge in [-0.25, -0.2) is 15.0 Å². The molecule has 5 heterocycles. The Kier molecular flexibility index (Phi) is 6.79. The fourth-order valence-electron chi connectivity index (χ4n) is 7.58. The summed E-state index contributed by atoms with van der Waals surface area (Å²) in [6.07, 6.45) is 3.74. The first-order valence-electron chi connectivity index (χ1n) is 18.0. The van der Waals surface area contributed by atoms with Crippen LogP contribution in [0.1, 0.15) is 0 Å². The van der Waals surface area contributed by atoms with Crippen LogP contribution in [0.3, 0.4) is 0 Å². The Balaban J connectivity index is 0.911. The first-order valence-corrected chi connectivity index (χ1v) is 18.0. The summed E-state index contributed by atoms with van der Waals surface area (Å²) in [6, 6.07) is 57.4. The second-order valence-electron chi connectivity index (χ2n) is 13.8. The molecule has 0 atom stereocenters. The summed E-state index contributed by atoms with van der Waals surface area (Å²) in [5.74, 6) is 0. The van der Waals surface area contributed by atoms with Crippen LogP contribution in [0.5, 0.6) is 0 Å². The molecule has 0 unspecified atom stereocenters. The first kappa shape index (κ1) is 30.3. The van der Waals surface area contributed by atoms with Gasteiger partial charge in [-0.15, -0.1) is 0 Å². The van der Waals surface area contributed by atoms with Crippen molar-refractivity contribution in [1.82, 2.24) is 24.9 Å². The Bertz CT molecular complexity index is 3300. The molecule has 0 saturated carbocycles. The molecule has 0 radical (unpaired) electrons. The summed E-state index contributed by atoms with van der Waals surface area (Å²) in [4.78, 5) is 24.6. The Morgan fingerprint density at radius 3 is 1.48 bits per heavy atom. The third kappa shape index (κ3) is 5.22. The van der Waals surface area contributed by atoms with E-state index in [0.29, 0.717) is 0 Å². The molecule has 54 heavy (non-hydrogen) atoms. The maximum absolute atomic E-state index is 5.16. The van der Waals surface area contributed by atoms with Gasteiger partial charge in [-0.3, -0.25) is 9.97 Å². The summed E-state index contributed by atoms with van der Waals surface area (Å²) in [5.41, 5.74) is 12.9. The van der Waals surface area contributed by atoms with E-state index in [-0.39, 0.29) is 0 Å². The van der Waals surface area contributed by atoms with Crippen LogP contribution in [0.25, 0.3) is 110 Å². The van der Waals surface area contributed by atoms with E-state index in [1.54, 1.807) is 0 Å². The highest BCUT2D eigenvalue weighted by Crippen LogP contribution is 2.33. The van der Waals surface area contributed by atoms with Crippen LogP contribution in [-0.2, 0) is 0 Å². The molecular formula is C49H29N5. The molecule has 5 nitrogen and oxygen atoms in total. The van der Waals surface area contributed by atoms with E-state index < -0.39 is 0 Å². The number of aromatic nitrogens is 5. The van der Waals surface area contributed by atoms with Crippen molar-refractivity contribution in [3.8, 4) is 44.9 Å². The zero-order valence-electron chi connectivity index (χ0n) is 29.0. The highest BCUT2D eigenvalue weighted by atomic mass is 14.8. The molecule has 0 amide bonds. The van der Waals surface area contributed by atoms with Gasteiger partial charge in [0, 0.05) is 56.0 Å². The third-order valence-electron chi connectivity index (χ3n) is 10.5. The van der Waals surface area contributed by atoms with E-state index in [1.165, 1.54) is 0 Å². The van der Waals surface area contributed by atoms with Crippen LogP contribution in [0.2, 0.25) is 0 Å². The van der Waals surface area contributed by atoms with Crippen molar-refractivity contribution < 1.29 is 0 Å². The molecule has 11 aromatic rings. The van der Waals surface area contributed by atoms with Crippen LogP contribution >= 0.6 is 0 Å². The minimum atomic E-state index is 0.908. The molecule has 11 rings (SSSR count). The second-order valence-corrected chi connectivity index (χ2v) is 13.8. The maximum atomic E-state index is 5.16. The Morgan fingerprint density at radius 1 is 0.278 bits per heavy atom. The van der Waals surface area contributed by atoms with Crippen molar-refractivity contribution in [2.75, 3.05) is 0 Å². The molecule has 250 valence electrons. The van der Waals surface area contributed by atoms with E-state index >= 15 is 0 Å². The molecule has 6 aromatic carbocycles. The van der Waals surface area contributed by atoms with E-state index in [0.717, 1.165) is 110 Å². The smallest absolute Gasteiger partial charge is 0.0972 e. The van der Waals surface area contributed by atoms with E-state index in [9.17, 15) is 0 Å². The van der Waals surface area contributed by atoms with Gasteiger partial charge in [0.1, 0.15) is 0 Å². The molecule has 5 heteroatoms. The molecule has 0 aliphatic carbocycles. The second kappa shape index (κ2) is 12.1. The van der Waals surface area contributed by atoms with E-state index in [2.05, 4.69) is 149 Å². The monoisotopic (exact) mass is 687 g/mol. The first-order chi connectivity index (χ1) is 26.7. The van der Waals surface area contributed by atoms with Crippen LogP contribution in [0.15, 0.2) is 176 Å². The fraction of sp³-hybridized carbons (Fsp3) is 0. The van der Waals surface area contributed by atoms with Crippen molar-refractivity contribution in [1.29, 1.82) is 0 Å². The lowest BCUT2D eigenvalue weighted by Gasteiger charge is -2.10. The summed E-state index contributed by atoms with van der Waals surface area (Å²) in [5, 5.41) is 7.79. The predicted octanol–water partition coefficient (Wildman–Crippen LogP) is 12.2. The molecule has 5 aromatic heterocycles. The topological polar surface area (TPSA) is 64.5 Å². The SMILES string of the molecule is c1ccc2ncc(-c3ccc4ccc(-c5ccc6ccc(-c7ccc8cc(-c9ccc%10ccc%11cccnc%11c%10n9)ccc8c7)nc6c5)cc4n3)cc2c1. The average molecular weight is 688 g/mol. The van der Waals surface area contributed by atoms with Gasteiger partial charge in [0.25, 0.3) is 0 Å². The summed E-state index contributed by atoms with van der Waals surface area (Å²) in [6.45, 7) is 0. The number of fused-ring (bicyclic) bond motifs is 7. The minimum Gasteiger partial charge on any atom is -0.256 e. The lowest BCUT2D eigenvalue weighted by atomic mass is 9.99. The minimum absolute atomic E-state index is 0.908. The van der Waals surface area contributed by atoms with Gasteiger partial charge in [0.05, 0.1) is 44.7 Å². The summed E-state index contributed by atoms with van der Waals surface area (Å²) in [7, 11) is 0. The molecule has 0 fully saturated rings. The molecule has 0 N–H and O–H groups in total. The molecule has 0 aliphatic rings. The van der Waals surface area contributed by atoms with Gasteiger partial charge >= 0.3 is 0 Å². The van der Waals surface area contributed by atoms with Crippen LogP contribution in [-0.4, -0.2) is 24.9 Å². The molecule has 0 aliphatic heterocycles. The third-order valence-corrected chi connectivity index (χ3v) is 10.5. The number of hydrogen-bond donors (Lipinski definition) is 0. The average Bonchev–Trinajstić information content (AvgIpc) is 3.24. The van der Waals surface area contributed by atoms with Crippen molar-refractivity contribution in [3.63, 3.8) is 0 Å². The highest BCUT2D eigenvalue weighted by Gasteiger charge is 2.11. The van der Waals surface area contributed by atoms with Gasteiger partial charge in [0.15, 0.2) is 0 Å². The highest BCUT2D eigenvalue weighted by molar-refractivity contribution is 6.03. The number of hydrogen-bond acceptors (Lipinski definition) is 5. The van der Waals surface area contributed by atoms with Gasteiger partial charge in [-0.2, -0.15) is 0 Å². The lowest BCUT2D eigenvalue weighted by molar-refractivity contribution is 1.35. The number of benzene rings is 6. The zero-order valence-corrected chi connectivity index (χ0v) is 29.0. The largest absolute Gasteiger partial charge is 0.256 e. The van der Waals surface area contributed by atoms with Gasteiger partial charge in [-0.1, -0.05) is 103 Å². The van der Waals surface area contributed by atoms with Crippen molar-refractivity contribution >= 4 is 65.3 Å². The summed E-state index contributed by atoms with van der Waals surface area (Å²) >= 11 is 0. The molecule has 0 spiro atoms. The van der Waals surface area contributed by atoms with Gasteiger partial charge in [-0.05, 0) is 82.6 Å². The number of pyridine rings is 5. The zero-order chi connectivity index (χ0) is 35.6. The normalized spacial score (nSPS) is 11.7. The predicted molar refractivity (Wildman–Crippen MR) is 222 cm³/mol. The van der Waals surface area contributed by atoms with Gasteiger partial charge in [0.2, 0.25) is 0 Å². The standard InChI is InChI=1S/C49H29N5/c1-2-6-42-38(4-1)26-41(29-51-42)45-21-18-31-8-12-37(28-47(31)53-45)36-11-7-30-17-20-43(52-46(30)27-36)39-15-13-35-25-40(16-14-34(35)24-39)44-22-19-33-10-9-32-5-3-23-50-48(32)49(33)54-44/h1-29H. The number of nitrogens with zero attached hydrogens (tertiary/aromatic N) is 5. The molecule has 0 bridgehead atoms. The van der Waals surface area contributed by atoms with Crippen LogP contribution in [0, 0.1) is 0 Å². The van der Waals surface area contributed by atoms with Crippen LogP contribution in [0.4, 0.5) is 0 Å². The van der Waals surface area contributed by atoms with E-state index in [1.807, 2.05) is 36.7 Å². The van der Waals surface area contributed by atoms with Crippen molar-refractivity contribution in [2.45, 2.75) is 0 Å². The van der Waals surface area contributed by atoms with Crippen LogP contribution < -0.4 is 0 Å².